The van der Waals surface area contributed by atoms with Crippen molar-refractivity contribution in [3.63, 3.8) is 0 Å². The van der Waals surface area contributed by atoms with Gasteiger partial charge in [0.2, 0.25) is 0 Å². The lowest BCUT2D eigenvalue weighted by Gasteiger charge is -2.48. The number of hydrogen-bond acceptors (Lipinski definition) is 4. The maximum Gasteiger partial charge on any atom is 0.426 e. The van der Waals surface area contributed by atoms with Crippen LogP contribution in [0, 0.1) is 23.2 Å². The fourth-order valence-corrected chi connectivity index (χ4v) is 5.52. The van der Waals surface area contributed by atoms with Gasteiger partial charge in [0.15, 0.2) is 5.41 Å². The number of halogens is 9. The molecule has 0 aliphatic heterocycles. The van der Waals surface area contributed by atoms with Crippen molar-refractivity contribution in [2.45, 2.75) is 122 Å². The summed E-state index contributed by atoms with van der Waals surface area (Å²) in [5, 5.41) is 21.0. The SMILES string of the molecule is CCCCC(C(=O)OC1CC(C(O)(CC)CC)CC(C(O)(C(F)(F)F)C(F)(F)F)C1)(C(C)C)C(F)(F)F. The Balaban J connectivity index is 3.60. The van der Waals surface area contributed by atoms with E-state index in [1.54, 1.807) is 6.92 Å². The van der Waals surface area contributed by atoms with Crippen LogP contribution in [0.25, 0.3) is 0 Å². The minimum atomic E-state index is -6.18. The van der Waals surface area contributed by atoms with Crippen LogP contribution < -0.4 is 0 Å². The molecule has 0 heterocycles. The summed E-state index contributed by atoms with van der Waals surface area (Å²) in [5.74, 6) is -7.06. The van der Waals surface area contributed by atoms with E-state index in [1.165, 1.54) is 13.8 Å². The van der Waals surface area contributed by atoms with E-state index in [0.717, 1.165) is 13.8 Å². The molecule has 220 valence electrons. The molecule has 0 spiro atoms. The van der Waals surface area contributed by atoms with E-state index in [1.807, 2.05) is 0 Å². The van der Waals surface area contributed by atoms with Crippen LogP contribution in [0.5, 0.6) is 0 Å². The van der Waals surface area contributed by atoms with Crippen LogP contribution in [0.1, 0.15) is 86.0 Å². The van der Waals surface area contributed by atoms with Crippen molar-refractivity contribution in [1.29, 1.82) is 0 Å². The van der Waals surface area contributed by atoms with E-state index in [4.69, 9.17) is 4.74 Å². The maximum absolute atomic E-state index is 14.2. The van der Waals surface area contributed by atoms with Crippen LogP contribution in [0.3, 0.4) is 0 Å². The third kappa shape index (κ3) is 6.33. The lowest BCUT2D eigenvalue weighted by Crippen LogP contribution is -2.64. The van der Waals surface area contributed by atoms with E-state index in [-0.39, 0.29) is 25.7 Å². The second-order valence-electron chi connectivity index (χ2n) is 10.4. The number of alkyl halides is 9. The first-order valence-electron chi connectivity index (χ1n) is 12.4. The van der Waals surface area contributed by atoms with Gasteiger partial charge < -0.3 is 14.9 Å². The minimum Gasteiger partial charge on any atom is -0.462 e. The summed E-state index contributed by atoms with van der Waals surface area (Å²) >= 11 is 0. The normalized spacial score (nSPS) is 24.2. The molecule has 0 aromatic rings. The Labute approximate surface area is 210 Å². The number of ether oxygens (including phenoxy) is 1. The van der Waals surface area contributed by atoms with Gasteiger partial charge >= 0.3 is 24.5 Å². The average Bonchev–Trinajstić information content (AvgIpc) is 2.75. The van der Waals surface area contributed by atoms with Crippen LogP contribution in [0.4, 0.5) is 39.5 Å². The van der Waals surface area contributed by atoms with Gasteiger partial charge in [0.05, 0.1) is 5.60 Å². The zero-order valence-corrected chi connectivity index (χ0v) is 21.6. The minimum absolute atomic E-state index is 0.0317. The van der Waals surface area contributed by atoms with Gasteiger partial charge in [-0.2, -0.15) is 39.5 Å². The summed E-state index contributed by atoms with van der Waals surface area (Å²) < 4.78 is 130. The topological polar surface area (TPSA) is 66.8 Å². The molecule has 1 aliphatic rings. The summed E-state index contributed by atoms with van der Waals surface area (Å²) in [5.41, 5.74) is -10.0. The molecule has 2 N–H and O–H groups in total. The third-order valence-corrected chi connectivity index (χ3v) is 8.16. The van der Waals surface area contributed by atoms with E-state index in [0.29, 0.717) is 0 Å². The molecule has 1 fully saturated rings. The van der Waals surface area contributed by atoms with Gasteiger partial charge in [-0.15, -0.1) is 0 Å². The van der Waals surface area contributed by atoms with Crippen molar-refractivity contribution >= 4 is 5.97 Å². The molecule has 0 aromatic heterocycles. The highest BCUT2D eigenvalue weighted by atomic mass is 19.4. The van der Waals surface area contributed by atoms with Crippen LogP contribution in [-0.2, 0) is 9.53 Å². The fraction of sp³-hybridized carbons (Fsp3) is 0.958. The molecule has 4 atom stereocenters. The molecule has 1 saturated carbocycles. The largest absolute Gasteiger partial charge is 0.462 e. The quantitative estimate of drug-likeness (QED) is 0.221. The standard InChI is InChI=1S/C24H37F9O4/c1-6-9-10-20(14(4)5,22(25,26)27)18(34)37-17-12-15(19(35,7-2)8-3)11-16(13-17)21(36,23(28,29)30)24(31,32)33/h14-17,35-36H,6-13H2,1-5H3. The van der Waals surface area contributed by atoms with Gasteiger partial charge in [0.25, 0.3) is 5.60 Å². The molecule has 4 nitrogen and oxygen atoms in total. The second kappa shape index (κ2) is 11.5. The number of carbonyl (C=O) groups excluding carboxylic acids is 1. The Morgan fingerprint density at radius 3 is 1.62 bits per heavy atom. The molecule has 4 unspecified atom stereocenters. The summed E-state index contributed by atoms with van der Waals surface area (Å²) in [7, 11) is 0. The zero-order chi connectivity index (χ0) is 29.3. The first kappa shape index (κ1) is 33.8. The van der Waals surface area contributed by atoms with Crippen molar-refractivity contribution in [2.24, 2.45) is 23.2 Å². The summed E-state index contributed by atoms with van der Waals surface area (Å²) in [6, 6.07) is 0. The number of rotatable bonds is 10. The Kier molecular flexibility index (Phi) is 10.5. The Hall–Kier alpha value is -1.24. The summed E-state index contributed by atoms with van der Waals surface area (Å²) in [4.78, 5) is 13.1. The van der Waals surface area contributed by atoms with E-state index < -0.39 is 90.7 Å². The number of carbonyl (C=O) groups is 1. The highest BCUT2D eigenvalue weighted by Gasteiger charge is 2.74. The van der Waals surface area contributed by atoms with Gasteiger partial charge in [-0.1, -0.05) is 47.5 Å². The van der Waals surface area contributed by atoms with Crippen LogP contribution in [-0.4, -0.2) is 52.0 Å². The number of aliphatic hydroxyl groups is 2. The lowest BCUT2D eigenvalue weighted by atomic mass is 9.65. The molecular weight excluding hydrogens is 523 g/mol. The summed E-state index contributed by atoms with van der Waals surface area (Å²) in [6.45, 7) is 6.76. The van der Waals surface area contributed by atoms with Gasteiger partial charge in [0.1, 0.15) is 6.10 Å². The van der Waals surface area contributed by atoms with Gasteiger partial charge in [-0.25, -0.2) is 0 Å². The molecule has 1 rings (SSSR count). The van der Waals surface area contributed by atoms with Crippen molar-refractivity contribution in [1.82, 2.24) is 0 Å². The van der Waals surface area contributed by atoms with Gasteiger partial charge in [0, 0.05) is 5.92 Å². The number of hydrogen-bond donors (Lipinski definition) is 2. The Morgan fingerprint density at radius 2 is 1.27 bits per heavy atom. The van der Waals surface area contributed by atoms with Crippen molar-refractivity contribution in [2.75, 3.05) is 0 Å². The van der Waals surface area contributed by atoms with Crippen LogP contribution >= 0.6 is 0 Å². The average molecular weight is 561 g/mol. The van der Waals surface area contributed by atoms with Crippen molar-refractivity contribution in [3.05, 3.63) is 0 Å². The molecule has 37 heavy (non-hydrogen) atoms. The van der Waals surface area contributed by atoms with Gasteiger partial charge in [-0.3, -0.25) is 4.79 Å². The number of esters is 1. The molecule has 1 aliphatic carbocycles. The molecule has 0 saturated heterocycles. The Bertz CT molecular complexity index is 743. The molecule has 0 radical (unpaired) electrons. The smallest absolute Gasteiger partial charge is 0.426 e. The van der Waals surface area contributed by atoms with E-state index in [2.05, 4.69) is 0 Å². The maximum atomic E-state index is 14.2. The molecule has 13 heteroatoms. The highest BCUT2D eigenvalue weighted by molar-refractivity contribution is 5.78. The molecule has 0 bridgehead atoms. The first-order chi connectivity index (χ1) is 16.6. The molecular formula is C24H37F9O4. The Morgan fingerprint density at radius 1 is 0.811 bits per heavy atom. The summed E-state index contributed by atoms with van der Waals surface area (Å²) in [6.07, 6.45) is -22.4. The van der Waals surface area contributed by atoms with Gasteiger partial charge in [-0.05, 0) is 50.4 Å². The molecule has 0 amide bonds. The van der Waals surface area contributed by atoms with E-state index >= 15 is 0 Å². The van der Waals surface area contributed by atoms with E-state index in [9.17, 15) is 54.5 Å². The molecule has 0 aromatic carbocycles. The highest BCUT2D eigenvalue weighted by Crippen LogP contribution is 2.55. The fourth-order valence-electron chi connectivity index (χ4n) is 5.52. The predicted molar refractivity (Wildman–Crippen MR) is 116 cm³/mol. The predicted octanol–water partition coefficient (Wildman–Crippen LogP) is 7.12. The third-order valence-electron chi connectivity index (χ3n) is 8.16. The van der Waals surface area contributed by atoms with Crippen LogP contribution in [0.2, 0.25) is 0 Å². The van der Waals surface area contributed by atoms with Crippen LogP contribution in [0.15, 0.2) is 0 Å². The monoisotopic (exact) mass is 560 g/mol. The lowest BCUT2D eigenvalue weighted by molar-refractivity contribution is -0.390. The zero-order valence-electron chi connectivity index (χ0n) is 21.6. The second-order valence-corrected chi connectivity index (χ2v) is 10.4. The first-order valence-corrected chi connectivity index (χ1v) is 12.4. The van der Waals surface area contributed by atoms with Crippen molar-refractivity contribution in [3.8, 4) is 0 Å². The number of unbranched alkanes of at least 4 members (excludes halogenated alkanes) is 1. The van der Waals surface area contributed by atoms with Crippen molar-refractivity contribution < 1.29 is 59.3 Å².